The summed E-state index contributed by atoms with van der Waals surface area (Å²) in [6.45, 7) is 8.01. The summed E-state index contributed by atoms with van der Waals surface area (Å²) in [5, 5.41) is 9.06. The van der Waals surface area contributed by atoms with Gasteiger partial charge in [0.15, 0.2) is 0 Å². The molecule has 1 unspecified atom stereocenters. The maximum Gasteiger partial charge on any atom is 0.216 e. The molecule has 3 aromatic rings. The van der Waals surface area contributed by atoms with Crippen LogP contribution in [0.15, 0.2) is 54.7 Å². The zero-order chi connectivity index (χ0) is 24.4. The minimum Gasteiger partial charge on any atom is -0.297 e. The van der Waals surface area contributed by atoms with Gasteiger partial charge in [-0.25, -0.2) is 13.1 Å². The second kappa shape index (κ2) is 10.4. The summed E-state index contributed by atoms with van der Waals surface area (Å²) in [4.78, 5) is 4.78. The molecule has 0 radical (unpaired) electrons. The lowest BCUT2D eigenvalue weighted by molar-refractivity contribution is 0.0966. The summed E-state index contributed by atoms with van der Waals surface area (Å²) in [6, 6.07) is 16.2. The molecule has 1 atom stereocenters. The Balaban J connectivity index is 1.15. The number of aromatic nitrogens is 3. The van der Waals surface area contributed by atoms with Gasteiger partial charge in [0.2, 0.25) is 10.0 Å². The summed E-state index contributed by atoms with van der Waals surface area (Å²) in [6.07, 6.45) is 1.81. The first kappa shape index (κ1) is 24.4. The number of halogens is 1. The van der Waals surface area contributed by atoms with Crippen LogP contribution < -0.4 is 0 Å². The van der Waals surface area contributed by atoms with E-state index in [4.69, 9.17) is 11.6 Å². The number of hydrogen-bond acceptors (Lipinski definition) is 6. The first-order valence-electron chi connectivity index (χ1n) is 12.0. The zero-order valence-corrected chi connectivity index (χ0v) is 21.5. The molecule has 2 aliphatic rings. The summed E-state index contributed by atoms with van der Waals surface area (Å²) >= 11 is 6.06. The highest BCUT2D eigenvalue weighted by molar-refractivity contribution is 7.89. The van der Waals surface area contributed by atoms with Crippen LogP contribution in [0.2, 0.25) is 5.02 Å². The molecule has 0 saturated carbocycles. The van der Waals surface area contributed by atoms with Crippen LogP contribution in [-0.4, -0.2) is 82.0 Å². The van der Waals surface area contributed by atoms with Crippen LogP contribution in [-0.2, 0) is 29.7 Å². The Kier molecular flexibility index (Phi) is 7.22. The lowest BCUT2D eigenvalue weighted by Crippen LogP contribution is -2.51. The summed E-state index contributed by atoms with van der Waals surface area (Å²) < 4.78 is 29.1. The van der Waals surface area contributed by atoms with Gasteiger partial charge in [0, 0.05) is 50.3 Å². The fourth-order valence-electron chi connectivity index (χ4n) is 4.98. The first-order chi connectivity index (χ1) is 16.8. The average molecular weight is 515 g/mol. The van der Waals surface area contributed by atoms with E-state index < -0.39 is 10.0 Å². The van der Waals surface area contributed by atoms with Gasteiger partial charge in [-0.2, -0.15) is 4.31 Å². The van der Waals surface area contributed by atoms with Crippen molar-refractivity contribution in [3.63, 3.8) is 0 Å². The van der Waals surface area contributed by atoms with Gasteiger partial charge in [-0.05, 0) is 30.2 Å². The van der Waals surface area contributed by atoms with Crippen molar-refractivity contribution in [2.24, 2.45) is 0 Å². The molecule has 35 heavy (non-hydrogen) atoms. The van der Waals surface area contributed by atoms with Crippen molar-refractivity contribution in [3.8, 4) is 0 Å². The third-order valence-corrected chi connectivity index (χ3v) is 8.89. The number of benzene rings is 2. The molecule has 0 N–H and O–H groups in total. The van der Waals surface area contributed by atoms with Crippen molar-refractivity contribution in [1.29, 1.82) is 0 Å². The highest BCUT2D eigenvalue weighted by atomic mass is 35.5. The van der Waals surface area contributed by atoms with Crippen LogP contribution in [0.4, 0.5) is 0 Å². The first-order valence-corrected chi connectivity index (χ1v) is 14.0. The summed E-state index contributed by atoms with van der Waals surface area (Å²) in [7, 11) is -3.32. The number of piperazine rings is 1. The Morgan fingerprint density at radius 1 is 0.971 bits per heavy atom. The molecule has 0 spiro atoms. The molecule has 2 aromatic carbocycles. The Morgan fingerprint density at radius 3 is 2.46 bits per heavy atom. The monoisotopic (exact) mass is 514 g/mol. The van der Waals surface area contributed by atoms with Crippen LogP contribution in [0.5, 0.6) is 0 Å². The van der Waals surface area contributed by atoms with Gasteiger partial charge in [0.05, 0.1) is 30.7 Å². The van der Waals surface area contributed by atoms with E-state index >= 15 is 0 Å². The number of nitrogens with zero attached hydrogens (tertiary/aromatic N) is 6. The number of aryl methyl sites for hydroxylation is 1. The van der Waals surface area contributed by atoms with E-state index in [1.165, 1.54) is 11.1 Å². The van der Waals surface area contributed by atoms with Gasteiger partial charge in [0.1, 0.15) is 0 Å². The third-order valence-electron chi connectivity index (χ3n) is 6.78. The molecule has 0 bridgehead atoms. The highest BCUT2D eigenvalue weighted by Crippen LogP contribution is 2.23. The Hall–Kier alpha value is -2.30. The fourth-order valence-corrected chi connectivity index (χ4v) is 6.93. The maximum atomic E-state index is 12.9. The standard InChI is InChI=1S/C25H31ClN6O2S/c1-20-4-2-5-21(12-20)14-29-8-10-30(11-9-29)25-18-32(35(33,34)19-25)17-24-16-31(28-27-24)15-22-6-3-7-23(26)13-22/h2-7,12-13,16,25H,8-11,14-15,17-19H2,1H3. The molecule has 1 aromatic heterocycles. The van der Waals surface area contributed by atoms with Crippen molar-refractivity contribution < 1.29 is 8.42 Å². The van der Waals surface area contributed by atoms with Gasteiger partial charge in [-0.3, -0.25) is 9.80 Å². The zero-order valence-electron chi connectivity index (χ0n) is 19.9. The van der Waals surface area contributed by atoms with Crippen LogP contribution in [0.25, 0.3) is 0 Å². The highest BCUT2D eigenvalue weighted by Gasteiger charge is 2.40. The smallest absolute Gasteiger partial charge is 0.216 e. The van der Waals surface area contributed by atoms with Gasteiger partial charge < -0.3 is 0 Å². The van der Waals surface area contributed by atoms with E-state index in [2.05, 4.69) is 51.3 Å². The van der Waals surface area contributed by atoms with Crippen molar-refractivity contribution in [3.05, 3.63) is 82.1 Å². The van der Waals surface area contributed by atoms with Crippen molar-refractivity contribution in [1.82, 2.24) is 29.1 Å². The molecule has 3 heterocycles. The van der Waals surface area contributed by atoms with E-state index in [9.17, 15) is 8.42 Å². The minimum absolute atomic E-state index is 0.0163. The molecule has 0 aliphatic carbocycles. The van der Waals surface area contributed by atoms with Crippen LogP contribution in [0, 0.1) is 6.92 Å². The lowest BCUT2D eigenvalue weighted by Gasteiger charge is -2.37. The Labute approximate surface area is 212 Å². The molecule has 2 fully saturated rings. The normalized spacial score (nSPS) is 21.5. The molecular weight excluding hydrogens is 484 g/mol. The van der Waals surface area contributed by atoms with E-state index in [1.807, 2.05) is 30.5 Å². The second-order valence-electron chi connectivity index (χ2n) is 9.56. The molecule has 10 heteroatoms. The second-order valence-corrected chi connectivity index (χ2v) is 12.0. The third kappa shape index (κ3) is 6.10. The molecule has 0 amide bonds. The Morgan fingerprint density at radius 2 is 1.71 bits per heavy atom. The topological polar surface area (TPSA) is 74.6 Å². The summed E-state index contributed by atoms with van der Waals surface area (Å²) in [5.74, 6) is 0.168. The quantitative estimate of drug-likeness (QED) is 0.482. The molecule has 2 saturated heterocycles. The molecule has 8 nitrogen and oxygen atoms in total. The molecule has 5 rings (SSSR count). The average Bonchev–Trinajstić information content (AvgIpc) is 3.37. The number of hydrogen-bond donors (Lipinski definition) is 0. The predicted molar refractivity (Wildman–Crippen MR) is 137 cm³/mol. The van der Waals surface area contributed by atoms with Crippen molar-refractivity contribution in [2.75, 3.05) is 38.5 Å². The van der Waals surface area contributed by atoms with Crippen molar-refractivity contribution in [2.45, 2.75) is 32.6 Å². The van der Waals surface area contributed by atoms with E-state index in [1.54, 1.807) is 8.99 Å². The maximum absolute atomic E-state index is 12.9. The SMILES string of the molecule is Cc1cccc(CN2CCN(C3CN(Cc4cn(Cc5cccc(Cl)c5)nn4)S(=O)(=O)C3)CC2)c1. The Bertz CT molecular complexity index is 1270. The van der Waals surface area contributed by atoms with Gasteiger partial charge in [-0.15, -0.1) is 5.10 Å². The predicted octanol–water partition coefficient (Wildman–Crippen LogP) is 2.62. The number of rotatable bonds is 7. The fraction of sp³-hybridized carbons (Fsp3) is 0.440. The molecule has 2 aliphatic heterocycles. The van der Waals surface area contributed by atoms with Crippen LogP contribution in [0.3, 0.4) is 0 Å². The molecule has 186 valence electrons. The van der Waals surface area contributed by atoms with Crippen LogP contribution >= 0.6 is 11.6 Å². The lowest BCUT2D eigenvalue weighted by atomic mass is 10.1. The van der Waals surface area contributed by atoms with Gasteiger partial charge >= 0.3 is 0 Å². The van der Waals surface area contributed by atoms with E-state index in [-0.39, 0.29) is 18.3 Å². The minimum atomic E-state index is -3.32. The number of sulfonamides is 1. The van der Waals surface area contributed by atoms with Crippen LogP contribution in [0.1, 0.15) is 22.4 Å². The van der Waals surface area contributed by atoms with Gasteiger partial charge in [0.25, 0.3) is 0 Å². The van der Waals surface area contributed by atoms with Gasteiger partial charge in [-0.1, -0.05) is 58.8 Å². The largest absolute Gasteiger partial charge is 0.297 e. The van der Waals surface area contributed by atoms with Crippen molar-refractivity contribution >= 4 is 21.6 Å². The van der Waals surface area contributed by atoms with E-state index in [0.29, 0.717) is 23.8 Å². The molecular formula is C25H31ClN6O2S. The van der Waals surface area contributed by atoms with E-state index in [0.717, 1.165) is 38.3 Å². The summed E-state index contributed by atoms with van der Waals surface area (Å²) in [5.41, 5.74) is 4.28.